The van der Waals surface area contributed by atoms with Crippen LogP contribution < -0.4 is 9.47 Å². The number of aromatic nitrogens is 6. The van der Waals surface area contributed by atoms with E-state index >= 15 is 0 Å². The predicted molar refractivity (Wildman–Crippen MR) is 173 cm³/mol. The molecule has 44 heavy (non-hydrogen) atoms. The van der Waals surface area contributed by atoms with Gasteiger partial charge in [0.25, 0.3) is 0 Å². The maximum absolute atomic E-state index is 13.3. The van der Waals surface area contributed by atoms with Gasteiger partial charge in [-0.3, -0.25) is 14.2 Å². The lowest BCUT2D eigenvalue weighted by Crippen LogP contribution is -2.04. The van der Waals surface area contributed by atoms with Gasteiger partial charge in [-0.25, -0.2) is 0 Å². The van der Waals surface area contributed by atoms with E-state index < -0.39 is 0 Å². The third kappa shape index (κ3) is 10.5. The zero-order chi connectivity index (χ0) is 31.1. The fraction of sp³-hybridized carbons (Fsp3) is 0.424. The zero-order valence-corrected chi connectivity index (χ0v) is 26.9. The number of aryl methyl sites for hydroxylation is 2. The molecule has 0 amide bonds. The number of ether oxygens (including phenoxy) is 2. The van der Waals surface area contributed by atoms with Gasteiger partial charge >= 0.3 is 0 Å². The first kappa shape index (κ1) is 33.2. The third-order valence-corrected chi connectivity index (χ3v) is 7.57. The molecule has 2 aromatic carbocycles. The van der Waals surface area contributed by atoms with Crippen molar-refractivity contribution in [2.45, 2.75) is 91.5 Å². The molecule has 0 saturated heterocycles. The number of carbonyl (C=O) groups excluding carboxylic acids is 1. The highest BCUT2D eigenvalue weighted by atomic mass is 35.5. The number of halogens is 2. The summed E-state index contributed by atoms with van der Waals surface area (Å²) in [7, 11) is 0. The summed E-state index contributed by atoms with van der Waals surface area (Å²) in [5.74, 6) is 0.665. The van der Waals surface area contributed by atoms with E-state index in [0.717, 1.165) is 38.0 Å². The van der Waals surface area contributed by atoms with Crippen LogP contribution in [0, 0.1) is 0 Å². The van der Waals surface area contributed by atoms with Gasteiger partial charge in [0.1, 0.15) is 36.1 Å². The molecule has 4 aromatic rings. The Balaban J connectivity index is 1.45. The van der Waals surface area contributed by atoms with E-state index in [4.69, 9.17) is 32.7 Å². The van der Waals surface area contributed by atoms with Gasteiger partial charge in [-0.2, -0.15) is 0 Å². The van der Waals surface area contributed by atoms with Crippen LogP contribution in [0.4, 0.5) is 0 Å². The summed E-state index contributed by atoms with van der Waals surface area (Å²) in [5, 5.41) is 17.9. The van der Waals surface area contributed by atoms with Crippen LogP contribution in [0.1, 0.15) is 92.5 Å². The molecule has 0 N–H and O–H groups in total. The average Bonchev–Trinajstić information content (AvgIpc) is 3.68. The molecule has 11 heteroatoms. The minimum Gasteiger partial charge on any atom is -0.487 e. The molecular formula is C33H40Cl2N6O3. The normalized spacial score (nSPS) is 11.4. The smallest absolute Gasteiger partial charge is 0.189 e. The van der Waals surface area contributed by atoms with E-state index in [-0.39, 0.29) is 19.0 Å². The maximum Gasteiger partial charge on any atom is 0.189 e. The Labute approximate surface area is 269 Å². The minimum absolute atomic E-state index is 0.151. The van der Waals surface area contributed by atoms with E-state index in [1.165, 1.54) is 38.2 Å². The second-order valence-corrected chi connectivity index (χ2v) is 11.5. The molecule has 0 saturated carbocycles. The summed E-state index contributed by atoms with van der Waals surface area (Å²) < 4.78 is 15.8. The molecule has 0 aliphatic rings. The SMILES string of the molecule is CCCCCCn1cc(COc2ccc(C(=O)/C=C/c3ccc(Cl)cc3Cl)c(OCc3cn(CCCCCC)nn3)c2)nn1. The van der Waals surface area contributed by atoms with Crippen molar-refractivity contribution in [2.75, 3.05) is 0 Å². The van der Waals surface area contributed by atoms with Crippen LogP contribution in [-0.2, 0) is 26.3 Å². The van der Waals surface area contributed by atoms with Crippen molar-refractivity contribution < 1.29 is 14.3 Å². The number of hydrogen-bond donors (Lipinski definition) is 0. The Morgan fingerprint density at radius 1 is 0.795 bits per heavy atom. The fourth-order valence-electron chi connectivity index (χ4n) is 4.55. The fourth-order valence-corrected chi connectivity index (χ4v) is 5.02. The number of nitrogens with zero attached hydrogens (tertiary/aromatic N) is 6. The van der Waals surface area contributed by atoms with Crippen molar-refractivity contribution in [2.24, 2.45) is 0 Å². The Morgan fingerprint density at radius 3 is 2.05 bits per heavy atom. The van der Waals surface area contributed by atoms with Crippen molar-refractivity contribution in [3.63, 3.8) is 0 Å². The summed E-state index contributed by atoms with van der Waals surface area (Å²) in [5.41, 5.74) is 2.45. The van der Waals surface area contributed by atoms with E-state index in [2.05, 4.69) is 34.5 Å². The number of hydrogen-bond acceptors (Lipinski definition) is 7. The van der Waals surface area contributed by atoms with Crippen molar-refractivity contribution in [1.82, 2.24) is 30.0 Å². The van der Waals surface area contributed by atoms with E-state index in [0.29, 0.717) is 38.4 Å². The molecule has 0 aliphatic heterocycles. The predicted octanol–water partition coefficient (Wildman–Crippen LogP) is 8.39. The number of carbonyl (C=O) groups is 1. The molecule has 0 bridgehead atoms. The van der Waals surface area contributed by atoms with Crippen LogP contribution >= 0.6 is 23.2 Å². The van der Waals surface area contributed by atoms with Gasteiger partial charge in [-0.15, -0.1) is 10.2 Å². The topological polar surface area (TPSA) is 97.0 Å². The quantitative estimate of drug-likeness (QED) is 0.0578. The highest BCUT2D eigenvalue weighted by molar-refractivity contribution is 6.35. The summed E-state index contributed by atoms with van der Waals surface area (Å²) >= 11 is 12.3. The lowest BCUT2D eigenvalue weighted by atomic mass is 10.1. The van der Waals surface area contributed by atoms with Crippen molar-refractivity contribution in [1.29, 1.82) is 0 Å². The molecule has 2 aromatic heterocycles. The largest absolute Gasteiger partial charge is 0.487 e. The van der Waals surface area contributed by atoms with Crippen LogP contribution in [-0.4, -0.2) is 35.8 Å². The summed E-state index contributed by atoms with van der Waals surface area (Å²) in [6.45, 7) is 6.41. The molecule has 0 atom stereocenters. The molecule has 0 aliphatic carbocycles. The molecular weight excluding hydrogens is 599 g/mol. The monoisotopic (exact) mass is 638 g/mol. The molecule has 0 spiro atoms. The van der Waals surface area contributed by atoms with Crippen molar-refractivity contribution in [3.05, 3.63) is 87.4 Å². The lowest BCUT2D eigenvalue weighted by molar-refractivity contribution is 0.104. The van der Waals surface area contributed by atoms with Crippen LogP contribution in [0.15, 0.2) is 54.9 Å². The third-order valence-electron chi connectivity index (χ3n) is 7.01. The van der Waals surface area contributed by atoms with E-state index in [9.17, 15) is 4.79 Å². The van der Waals surface area contributed by atoms with Gasteiger partial charge < -0.3 is 9.47 Å². The molecule has 0 unspecified atom stereocenters. The van der Waals surface area contributed by atoms with Crippen LogP contribution in [0.5, 0.6) is 11.5 Å². The minimum atomic E-state index is -0.247. The highest BCUT2D eigenvalue weighted by Crippen LogP contribution is 2.28. The number of benzene rings is 2. The molecule has 9 nitrogen and oxygen atoms in total. The van der Waals surface area contributed by atoms with Gasteiger partial charge in [-0.05, 0) is 54.8 Å². The first-order valence-corrected chi connectivity index (χ1v) is 16.1. The summed E-state index contributed by atoms with van der Waals surface area (Å²) in [4.78, 5) is 13.3. The number of unbranched alkanes of at least 4 members (excludes halogenated alkanes) is 6. The van der Waals surface area contributed by atoms with Crippen LogP contribution in [0.25, 0.3) is 6.08 Å². The highest BCUT2D eigenvalue weighted by Gasteiger charge is 2.14. The standard InChI is InChI=1S/C33H40Cl2N6O3/c1-3-5-7-9-17-40-21-27(36-38-40)23-43-29-14-15-30(32(42)16-12-25-11-13-26(34)19-31(25)35)33(20-29)44-24-28-22-41(39-37-28)18-10-8-6-4-2/h11-16,19-22H,3-10,17-18,23-24H2,1-2H3/b16-12+. The number of ketones is 1. The van der Waals surface area contributed by atoms with Crippen LogP contribution in [0.2, 0.25) is 10.0 Å². The van der Waals surface area contributed by atoms with Gasteiger partial charge in [0.05, 0.1) is 18.0 Å². The second kappa shape index (κ2) is 17.6. The molecule has 234 valence electrons. The Bertz CT molecular complexity index is 1520. The molecule has 0 fully saturated rings. The van der Waals surface area contributed by atoms with Gasteiger partial charge in [0.2, 0.25) is 0 Å². The molecule has 2 heterocycles. The average molecular weight is 640 g/mol. The van der Waals surface area contributed by atoms with Gasteiger partial charge in [-0.1, -0.05) is 92.1 Å². The first-order valence-electron chi connectivity index (χ1n) is 15.3. The number of allylic oxidation sites excluding steroid dienone is 1. The Morgan fingerprint density at radius 2 is 1.43 bits per heavy atom. The van der Waals surface area contributed by atoms with Crippen molar-refractivity contribution in [3.8, 4) is 11.5 Å². The zero-order valence-electron chi connectivity index (χ0n) is 25.4. The molecule has 0 radical (unpaired) electrons. The Kier molecular flexibility index (Phi) is 13.3. The Hall–Kier alpha value is -3.69. The maximum atomic E-state index is 13.3. The molecule has 4 rings (SSSR count). The van der Waals surface area contributed by atoms with E-state index in [1.807, 2.05) is 21.8 Å². The van der Waals surface area contributed by atoms with E-state index in [1.54, 1.807) is 42.5 Å². The summed E-state index contributed by atoms with van der Waals surface area (Å²) in [6, 6.07) is 10.3. The first-order chi connectivity index (χ1) is 21.4. The van der Waals surface area contributed by atoms with Crippen LogP contribution in [0.3, 0.4) is 0 Å². The van der Waals surface area contributed by atoms with Gasteiger partial charge in [0.15, 0.2) is 5.78 Å². The second-order valence-electron chi connectivity index (χ2n) is 10.7. The van der Waals surface area contributed by atoms with Crippen molar-refractivity contribution >= 4 is 35.1 Å². The number of rotatable bonds is 19. The van der Waals surface area contributed by atoms with Gasteiger partial charge in [0, 0.05) is 29.2 Å². The summed E-state index contributed by atoms with van der Waals surface area (Å²) in [6.07, 6.45) is 16.1. The lowest BCUT2D eigenvalue weighted by Gasteiger charge is -2.12.